The molecule has 1 aromatic heterocycles. The highest BCUT2D eigenvalue weighted by Crippen LogP contribution is 2.28. The Morgan fingerprint density at radius 3 is 2.76 bits per heavy atom. The first-order chi connectivity index (χ1) is 8.33. The van der Waals surface area contributed by atoms with Gasteiger partial charge in [0.1, 0.15) is 5.75 Å². The van der Waals surface area contributed by atoms with E-state index >= 15 is 0 Å². The number of aromatic nitrogens is 1. The Bertz CT molecular complexity index is 504. The SMILES string of the molecule is Oc1cccc(-c2cc3c([nH]2)CCCCC3)c1. The molecule has 1 aliphatic rings. The molecule has 0 saturated carbocycles. The molecule has 0 saturated heterocycles. The lowest BCUT2D eigenvalue weighted by Crippen LogP contribution is -1.86. The lowest BCUT2D eigenvalue weighted by atomic mass is 10.1. The molecule has 2 aromatic rings. The van der Waals surface area contributed by atoms with E-state index in [0.29, 0.717) is 5.75 Å². The van der Waals surface area contributed by atoms with Crippen molar-refractivity contribution >= 4 is 0 Å². The Kier molecular flexibility index (Phi) is 2.63. The van der Waals surface area contributed by atoms with Gasteiger partial charge in [0.15, 0.2) is 0 Å². The van der Waals surface area contributed by atoms with Gasteiger partial charge in [-0.1, -0.05) is 18.6 Å². The summed E-state index contributed by atoms with van der Waals surface area (Å²) in [4.78, 5) is 3.51. The molecule has 2 nitrogen and oxygen atoms in total. The quantitative estimate of drug-likeness (QED) is 0.717. The third-order valence-electron chi connectivity index (χ3n) is 3.52. The summed E-state index contributed by atoms with van der Waals surface area (Å²) in [5.74, 6) is 0.326. The van der Waals surface area contributed by atoms with Crippen molar-refractivity contribution in [2.24, 2.45) is 0 Å². The molecule has 2 heteroatoms. The van der Waals surface area contributed by atoms with Crippen molar-refractivity contribution in [1.29, 1.82) is 0 Å². The van der Waals surface area contributed by atoms with E-state index < -0.39 is 0 Å². The smallest absolute Gasteiger partial charge is 0.116 e. The minimum atomic E-state index is 0.326. The molecule has 0 spiro atoms. The number of phenols is 1. The molecule has 3 rings (SSSR count). The number of aryl methyl sites for hydroxylation is 2. The summed E-state index contributed by atoms with van der Waals surface area (Å²) in [6, 6.07) is 9.68. The largest absolute Gasteiger partial charge is 0.508 e. The number of fused-ring (bicyclic) bond motifs is 1. The van der Waals surface area contributed by atoms with E-state index in [1.54, 1.807) is 6.07 Å². The average Bonchev–Trinajstić information content (AvgIpc) is 2.61. The number of nitrogens with one attached hydrogen (secondary N) is 1. The van der Waals surface area contributed by atoms with Crippen LogP contribution in [0.4, 0.5) is 0 Å². The van der Waals surface area contributed by atoms with Crippen LogP contribution >= 0.6 is 0 Å². The van der Waals surface area contributed by atoms with Crippen LogP contribution in [-0.4, -0.2) is 10.1 Å². The minimum absolute atomic E-state index is 0.326. The molecular weight excluding hydrogens is 210 g/mol. The number of aromatic hydroxyl groups is 1. The average molecular weight is 227 g/mol. The van der Waals surface area contributed by atoms with Gasteiger partial charge in [0.05, 0.1) is 0 Å². The Morgan fingerprint density at radius 1 is 1.00 bits per heavy atom. The molecule has 0 fully saturated rings. The van der Waals surface area contributed by atoms with Gasteiger partial charge in [-0.05, 0) is 49.4 Å². The van der Waals surface area contributed by atoms with E-state index in [2.05, 4.69) is 11.1 Å². The van der Waals surface area contributed by atoms with Gasteiger partial charge in [0, 0.05) is 17.0 Å². The van der Waals surface area contributed by atoms with E-state index in [-0.39, 0.29) is 0 Å². The fraction of sp³-hybridized carbons (Fsp3) is 0.333. The minimum Gasteiger partial charge on any atom is -0.508 e. The molecule has 0 radical (unpaired) electrons. The summed E-state index contributed by atoms with van der Waals surface area (Å²) in [7, 11) is 0. The van der Waals surface area contributed by atoms with Gasteiger partial charge in [-0.15, -0.1) is 0 Å². The van der Waals surface area contributed by atoms with Crippen LogP contribution in [0, 0.1) is 0 Å². The van der Waals surface area contributed by atoms with Crippen LogP contribution in [0.25, 0.3) is 11.3 Å². The standard InChI is InChI=1S/C15H17NO/c17-13-7-4-6-11(9-13)15-10-12-5-2-1-3-8-14(12)16-15/h4,6-7,9-10,16-17H,1-3,5,8H2. The van der Waals surface area contributed by atoms with Crippen LogP contribution in [-0.2, 0) is 12.8 Å². The van der Waals surface area contributed by atoms with Crippen LogP contribution in [0.15, 0.2) is 30.3 Å². The molecular formula is C15H17NO. The van der Waals surface area contributed by atoms with Crippen molar-refractivity contribution < 1.29 is 5.11 Å². The second kappa shape index (κ2) is 4.28. The third kappa shape index (κ3) is 2.07. The Balaban J connectivity index is 1.99. The number of phenolic OH excluding ortho intramolecular Hbond substituents is 1. The number of H-pyrrole nitrogens is 1. The molecule has 0 aliphatic heterocycles. The van der Waals surface area contributed by atoms with E-state index in [0.717, 1.165) is 17.7 Å². The van der Waals surface area contributed by atoms with Gasteiger partial charge in [0.2, 0.25) is 0 Å². The molecule has 17 heavy (non-hydrogen) atoms. The number of rotatable bonds is 1. The molecule has 1 aliphatic carbocycles. The van der Waals surface area contributed by atoms with Crippen molar-refractivity contribution in [3.05, 3.63) is 41.6 Å². The number of hydrogen-bond acceptors (Lipinski definition) is 1. The lowest BCUT2D eigenvalue weighted by Gasteiger charge is -1.99. The van der Waals surface area contributed by atoms with Crippen molar-refractivity contribution in [2.75, 3.05) is 0 Å². The van der Waals surface area contributed by atoms with Gasteiger partial charge in [-0.2, -0.15) is 0 Å². The van der Waals surface area contributed by atoms with E-state index in [4.69, 9.17) is 0 Å². The van der Waals surface area contributed by atoms with Crippen molar-refractivity contribution in [3.8, 4) is 17.0 Å². The zero-order valence-electron chi connectivity index (χ0n) is 9.87. The van der Waals surface area contributed by atoms with Crippen LogP contribution in [0.3, 0.4) is 0 Å². The highest BCUT2D eigenvalue weighted by molar-refractivity contribution is 5.63. The fourth-order valence-electron chi connectivity index (χ4n) is 2.61. The maximum atomic E-state index is 9.51. The summed E-state index contributed by atoms with van der Waals surface area (Å²) in [5, 5.41) is 9.51. The predicted octanol–water partition coefficient (Wildman–Crippen LogP) is 3.66. The Labute approximate surface area is 101 Å². The Hall–Kier alpha value is -1.70. The van der Waals surface area contributed by atoms with Crippen LogP contribution < -0.4 is 0 Å². The van der Waals surface area contributed by atoms with Crippen LogP contribution in [0.5, 0.6) is 5.75 Å². The molecule has 0 atom stereocenters. The van der Waals surface area contributed by atoms with Crippen molar-refractivity contribution in [1.82, 2.24) is 4.98 Å². The maximum Gasteiger partial charge on any atom is 0.116 e. The van der Waals surface area contributed by atoms with E-state index in [1.165, 1.54) is 36.9 Å². The molecule has 0 amide bonds. The predicted molar refractivity (Wildman–Crippen MR) is 69.2 cm³/mol. The molecule has 88 valence electrons. The second-order valence-corrected chi connectivity index (χ2v) is 4.80. The first-order valence-corrected chi connectivity index (χ1v) is 6.33. The summed E-state index contributed by atoms with van der Waals surface area (Å²) in [5.41, 5.74) is 5.05. The normalized spacial score (nSPS) is 15.3. The molecule has 0 bridgehead atoms. The summed E-state index contributed by atoms with van der Waals surface area (Å²) in [6.07, 6.45) is 6.26. The summed E-state index contributed by atoms with van der Waals surface area (Å²) >= 11 is 0. The molecule has 2 N–H and O–H groups in total. The number of benzene rings is 1. The number of aromatic amines is 1. The maximum absolute atomic E-state index is 9.51. The summed E-state index contributed by atoms with van der Waals surface area (Å²) < 4.78 is 0. The first kappa shape index (κ1) is 10.5. The first-order valence-electron chi connectivity index (χ1n) is 6.33. The van der Waals surface area contributed by atoms with Gasteiger partial charge in [0.25, 0.3) is 0 Å². The van der Waals surface area contributed by atoms with Gasteiger partial charge in [-0.25, -0.2) is 0 Å². The van der Waals surface area contributed by atoms with Gasteiger partial charge < -0.3 is 10.1 Å². The van der Waals surface area contributed by atoms with Gasteiger partial charge >= 0.3 is 0 Å². The number of hydrogen-bond donors (Lipinski definition) is 2. The molecule has 1 heterocycles. The van der Waals surface area contributed by atoms with Crippen molar-refractivity contribution in [2.45, 2.75) is 32.1 Å². The van der Waals surface area contributed by atoms with Crippen molar-refractivity contribution in [3.63, 3.8) is 0 Å². The molecule has 1 aromatic carbocycles. The third-order valence-corrected chi connectivity index (χ3v) is 3.52. The topological polar surface area (TPSA) is 36.0 Å². The fourth-order valence-corrected chi connectivity index (χ4v) is 2.61. The highest BCUT2D eigenvalue weighted by Gasteiger charge is 2.12. The van der Waals surface area contributed by atoms with E-state index in [9.17, 15) is 5.11 Å². The summed E-state index contributed by atoms with van der Waals surface area (Å²) in [6.45, 7) is 0. The van der Waals surface area contributed by atoms with Crippen LogP contribution in [0.2, 0.25) is 0 Å². The Morgan fingerprint density at radius 2 is 1.88 bits per heavy atom. The highest BCUT2D eigenvalue weighted by atomic mass is 16.3. The van der Waals surface area contributed by atoms with Gasteiger partial charge in [-0.3, -0.25) is 0 Å². The van der Waals surface area contributed by atoms with E-state index in [1.807, 2.05) is 18.2 Å². The lowest BCUT2D eigenvalue weighted by molar-refractivity contribution is 0.475. The van der Waals surface area contributed by atoms with Crippen LogP contribution in [0.1, 0.15) is 30.5 Å². The monoisotopic (exact) mass is 227 g/mol. The zero-order chi connectivity index (χ0) is 11.7. The zero-order valence-corrected chi connectivity index (χ0v) is 9.87. The molecule has 0 unspecified atom stereocenters. The second-order valence-electron chi connectivity index (χ2n) is 4.80.